The highest BCUT2D eigenvalue weighted by atomic mass is 16.6. The quantitative estimate of drug-likeness (QED) is 0.191. The van der Waals surface area contributed by atoms with E-state index in [-0.39, 0.29) is 30.2 Å². The molecule has 0 aliphatic rings. The molecular formula is C15H18N2O7. The third-order valence-electron chi connectivity index (χ3n) is 2.76. The van der Waals surface area contributed by atoms with Crippen molar-refractivity contribution >= 4 is 23.3 Å². The molecule has 9 nitrogen and oxygen atoms in total. The number of nitrogens with one attached hydrogen (secondary N) is 1. The highest BCUT2D eigenvalue weighted by molar-refractivity contribution is 6.14. The Morgan fingerprint density at radius 1 is 1.21 bits per heavy atom. The van der Waals surface area contributed by atoms with Gasteiger partial charge in [-0.15, -0.1) is 0 Å². The minimum absolute atomic E-state index is 0.0791. The molecule has 0 aromatic heterocycles. The Kier molecular flexibility index (Phi) is 7.21. The van der Waals surface area contributed by atoms with Gasteiger partial charge in [-0.2, -0.15) is 0 Å². The van der Waals surface area contributed by atoms with E-state index in [1.54, 1.807) is 13.8 Å². The van der Waals surface area contributed by atoms with Crippen LogP contribution in [0.25, 0.3) is 0 Å². The predicted octanol–water partition coefficient (Wildman–Crippen LogP) is 2.03. The van der Waals surface area contributed by atoms with Gasteiger partial charge in [0.2, 0.25) is 0 Å². The van der Waals surface area contributed by atoms with Gasteiger partial charge in [0.1, 0.15) is 5.75 Å². The fraction of sp³-hybridized carbons (Fsp3) is 0.333. The van der Waals surface area contributed by atoms with Crippen molar-refractivity contribution in [3.8, 4) is 5.75 Å². The largest absolute Gasteiger partial charge is 0.495 e. The van der Waals surface area contributed by atoms with Crippen molar-refractivity contribution in [1.82, 2.24) is 0 Å². The van der Waals surface area contributed by atoms with Crippen LogP contribution in [0, 0.1) is 10.1 Å². The Morgan fingerprint density at radius 3 is 2.25 bits per heavy atom. The van der Waals surface area contributed by atoms with Gasteiger partial charge < -0.3 is 19.5 Å². The number of benzene rings is 1. The maximum Gasteiger partial charge on any atom is 0.347 e. The van der Waals surface area contributed by atoms with Crippen LogP contribution in [0.15, 0.2) is 30.0 Å². The predicted molar refractivity (Wildman–Crippen MR) is 84.6 cm³/mol. The van der Waals surface area contributed by atoms with Gasteiger partial charge in [0, 0.05) is 18.3 Å². The smallest absolute Gasteiger partial charge is 0.347 e. The molecule has 1 aromatic rings. The van der Waals surface area contributed by atoms with Crippen molar-refractivity contribution < 1.29 is 28.7 Å². The van der Waals surface area contributed by atoms with E-state index in [0.29, 0.717) is 5.75 Å². The van der Waals surface area contributed by atoms with Crippen molar-refractivity contribution in [2.75, 3.05) is 25.6 Å². The molecular weight excluding hydrogens is 320 g/mol. The van der Waals surface area contributed by atoms with Crippen molar-refractivity contribution in [1.29, 1.82) is 0 Å². The minimum Gasteiger partial charge on any atom is -0.495 e. The van der Waals surface area contributed by atoms with Crippen LogP contribution in [0.5, 0.6) is 5.75 Å². The fourth-order valence-corrected chi connectivity index (χ4v) is 1.69. The van der Waals surface area contributed by atoms with E-state index >= 15 is 0 Å². The van der Waals surface area contributed by atoms with E-state index in [4.69, 9.17) is 14.2 Å². The molecule has 0 spiro atoms. The van der Waals surface area contributed by atoms with Gasteiger partial charge in [0.25, 0.3) is 5.69 Å². The molecule has 0 aliphatic carbocycles. The lowest BCUT2D eigenvalue weighted by Gasteiger charge is -2.10. The van der Waals surface area contributed by atoms with Crippen LogP contribution in [0.3, 0.4) is 0 Å². The third-order valence-corrected chi connectivity index (χ3v) is 2.76. The summed E-state index contributed by atoms with van der Waals surface area (Å²) in [5.41, 5.74) is -0.342. The summed E-state index contributed by atoms with van der Waals surface area (Å²) in [6, 6.07) is 3.87. The number of esters is 2. The summed E-state index contributed by atoms with van der Waals surface area (Å²) in [5, 5.41) is 13.5. The lowest BCUT2D eigenvalue weighted by Crippen LogP contribution is -2.19. The second kappa shape index (κ2) is 9.13. The number of carbonyl (C=O) groups is 2. The number of hydrogen-bond donors (Lipinski definition) is 1. The zero-order chi connectivity index (χ0) is 18.1. The number of nitro benzene ring substituents is 1. The van der Waals surface area contributed by atoms with Crippen LogP contribution in [0.4, 0.5) is 11.4 Å². The number of methoxy groups -OCH3 is 1. The van der Waals surface area contributed by atoms with Crippen LogP contribution in [-0.4, -0.2) is 37.2 Å². The molecule has 9 heteroatoms. The fourth-order valence-electron chi connectivity index (χ4n) is 1.69. The standard InChI is InChI=1S/C15H18N2O7/c1-4-23-14(18)11(15(19)24-5-2)9-16-12-8-10(17(20)21)6-7-13(12)22-3/h6-9,16H,4-5H2,1-3H3. The molecule has 0 unspecified atom stereocenters. The number of nitro groups is 1. The summed E-state index contributed by atoms with van der Waals surface area (Å²) >= 11 is 0. The molecule has 1 rings (SSSR count). The molecule has 0 saturated carbocycles. The molecule has 0 atom stereocenters. The third kappa shape index (κ3) is 4.97. The summed E-state index contributed by atoms with van der Waals surface area (Å²) in [7, 11) is 1.38. The first-order chi connectivity index (χ1) is 11.4. The van der Waals surface area contributed by atoms with E-state index in [9.17, 15) is 19.7 Å². The molecule has 0 bridgehead atoms. The Hall–Kier alpha value is -3.10. The van der Waals surface area contributed by atoms with Crippen molar-refractivity contribution in [2.45, 2.75) is 13.8 Å². The molecule has 1 aromatic carbocycles. The highest BCUT2D eigenvalue weighted by Gasteiger charge is 2.21. The average molecular weight is 338 g/mol. The molecule has 0 amide bonds. The maximum absolute atomic E-state index is 11.8. The summed E-state index contributed by atoms with van der Waals surface area (Å²) in [4.78, 5) is 34.0. The molecule has 0 radical (unpaired) electrons. The zero-order valence-electron chi connectivity index (χ0n) is 13.5. The molecule has 0 heterocycles. The summed E-state index contributed by atoms with van der Waals surface area (Å²) < 4.78 is 14.7. The number of hydrogen-bond acceptors (Lipinski definition) is 8. The van der Waals surface area contributed by atoms with Gasteiger partial charge in [-0.25, -0.2) is 9.59 Å². The van der Waals surface area contributed by atoms with Crippen LogP contribution in [-0.2, 0) is 19.1 Å². The van der Waals surface area contributed by atoms with E-state index in [0.717, 1.165) is 6.20 Å². The van der Waals surface area contributed by atoms with Gasteiger partial charge in [0.15, 0.2) is 5.57 Å². The molecule has 24 heavy (non-hydrogen) atoms. The average Bonchev–Trinajstić information content (AvgIpc) is 2.55. The van der Waals surface area contributed by atoms with Crippen LogP contribution in [0.1, 0.15) is 13.8 Å². The number of carbonyl (C=O) groups excluding carboxylic acids is 2. The van der Waals surface area contributed by atoms with E-state index in [2.05, 4.69) is 5.32 Å². The van der Waals surface area contributed by atoms with E-state index in [1.807, 2.05) is 0 Å². The molecule has 0 fully saturated rings. The van der Waals surface area contributed by atoms with Crippen molar-refractivity contribution in [2.24, 2.45) is 0 Å². The topological polar surface area (TPSA) is 117 Å². The van der Waals surface area contributed by atoms with Crippen LogP contribution in [0.2, 0.25) is 0 Å². The number of anilines is 1. The van der Waals surface area contributed by atoms with E-state index < -0.39 is 16.9 Å². The highest BCUT2D eigenvalue weighted by Crippen LogP contribution is 2.29. The lowest BCUT2D eigenvalue weighted by molar-refractivity contribution is -0.384. The Bertz CT molecular complexity index is 635. The molecule has 130 valence electrons. The van der Waals surface area contributed by atoms with Gasteiger partial charge in [-0.3, -0.25) is 10.1 Å². The van der Waals surface area contributed by atoms with Crippen molar-refractivity contribution in [3.05, 3.63) is 40.1 Å². The zero-order valence-corrected chi connectivity index (χ0v) is 13.5. The van der Waals surface area contributed by atoms with Gasteiger partial charge in [-0.05, 0) is 19.9 Å². The van der Waals surface area contributed by atoms with Gasteiger partial charge >= 0.3 is 11.9 Å². The first-order valence-electron chi connectivity index (χ1n) is 7.07. The molecule has 1 N–H and O–H groups in total. The van der Waals surface area contributed by atoms with Crippen LogP contribution >= 0.6 is 0 Å². The Morgan fingerprint density at radius 2 is 1.79 bits per heavy atom. The van der Waals surface area contributed by atoms with Crippen molar-refractivity contribution in [3.63, 3.8) is 0 Å². The second-order valence-corrected chi connectivity index (χ2v) is 4.28. The number of non-ortho nitro benzene ring substituents is 1. The second-order valence-electron chi connectivity index (χ2n) is 4.28. The SMILES string of the molecule is CCOC(=O)C(=CNc1cc([N+](=O)[O-])ccc1OC)C(=O)OCC. The molecule has 0 saturated heterocycles. The maximum atomic E-state index is 11.8. The lowest BCUT2D eigenvalue weighted by atomic mass is 10.2. The summed E-state index contributed by atoms with van der Waals surface area (Å²) in [6.45, 7) is 3.35. The van der Waals surface area contributed by atoms with Crippen LogP contribution < -0.4 is 10.1 Å². The minimum atomic E-state index is -0.868. The molecule has 0 aliphatic heterocycles. The summed E-state index contributed by atoms with van der Waals surface area (Å²) in [6.07, 6.45) is 1.07. The first kappa shape index (κ1) is 18.9. The Labute approximate surface area is 138 Å². The Balaban J connectivity index is 3.15. The first-order valence-corrected chi connectivity index (χ1v) is 7.07. The van der Waals surface area contributed by atoms with E-state index in [1.165, 1.54) is 25.3 Å². The number of nitrogens with zero attached hydrogens (tertiary/aromatic N) is 1. The number of ether oxygens (including phenoxy) is 3. The van der Waals surface area contributed by atoms with Gasteiger partial charge in [0.05, 0.1) is 30.9 Å². The normalized spacial score (nSPS) is 9.62. The monoisotopic (exact) mass is 338 g/mol. The van der Waals surface area contributed by atoms with Gasteiger partial charge in [-0.1, -0.05) is 0 Å². The number of rotatable bonds is 8. The summed E-state index contributed by atoms with van der Waals surface area (Å²) in [5.74, 6) is -1.44.